The predicted molar refractivity (Wildman–Crippen MR) is 122 cm³/mol. The van der Waals surface area contributed by atoms with E-state index >= 15 is 0 Å². The van der Waals surface area contributed by atoms with Crippen LogP contribution >= 0.6 is 0 Å². The molecule has 0 fully saturated rings. The van der Waals surface area contributed by atoms with Crippen LogP contribution in [0.3, 0.4) is 0 Å². The van der Waals surface area contributed by atoms with E-state index in [1.807, 2.05) is 53.4 Å². The van der Waals surface area contributed by atoms with Gasteiger partial charge in [-0.05, 0) is 42.2 Å². The summed E-state index contributed by atoms with van der Waals surface area (Å²) >= 11 is 0. The number of aryl methyl sites for hydroxylation is 1. The summed E-state index contributed by atoms with van der Waals surface area (Å²) in [5.74, 6) is -0.0486. The van der Waals surface area contributed by atoms with Crippen LogP contribution in [-0.4, -0.2) is 35.4 Å². The van der Waals surface area contributed by atoms with Gasteiger partial charge in [0.15, 0.2) is 0 Å². The number of aromatic nitrogens is 1. The van der Waals surface area contributed by atoms with Crippen LogP contribution in [0.4, 0.5) is 5.69 Å². The van der Waals surface area contributed by atoms with Crippen LogP contribution in [0, 0.1) is 0 Å². The number of hydrogen-bond donors (Lipinski definition) is 0. The highest BCUT2D eigenvalue weighted by Crippen LogP contribution is 2.40. The number of carbonyl (C=O) groups is 2. The van der Waals surface area contributed by atoms with Crippen molar-refractivity contribution in [3.05, 3.63) is 95.4 Å². The van der Waals surface area contributed by atoms with Gasteiger partial charge in [-0.2, -0.15) is 0 Å². The second-order valence-corrected chi connectivity index (χ2v) is 7.87. The number of hydrogen-bond acceptors (Lipinski definition) is 5. The van der Waals surface area contributed by atoms with Crippen LogP contribution < -0.4 is 9.64 Å². The molecule has 2 aliphatic rings. The normalized spacial score (nSPS) is 15.9. The van der Waals surface area contributed by atoms with E-state index in [-0.39, 0.29) is 18.4 Å². The van der Waals surface area contributed by atoms with E-state index in [0.29, 0.717) is 29.1 Å². The molecule has 2 amide bonds. The zero-order valence-electron chi connectivity index (χ0n) is 17.8. The van der Waals surface area contributed by atoms with Crippen molar-refractivity contribution >= 4 is 23.1 Å². The van der Waals surface area contributed by atoms with Gasteiger partial charge in [0.2, 0.25) is 0 Å². The Morgan fingerprint density at radius 1 is 0.969 bits per heavy atom. The SMILES string of the molecule is COc1ccccc1C1=C(N2CCCc3ccccc32)C(=O)N(Cc2cccnc2)C1=O. The highest BCUT2D eigenvalue weighted by molar-refractivity contribution is 6.37. The first-order valence-corrected chi connectivity index (χ1v) is 10.7. The fraction of sp³-hybridized carbons (Fsp3) is 0.192. The molecule has 0 N–H and O–H groups in total. The molecule has 0 radical (unpaired) electrons. The average Bonchev–Trinajstić information content (AvgIpc) is 3.08. The number of rotatable bonds is 5. The summed E-state index contributed by atoms with van der Waals surface area (Å²) in [6.07, 6.45) is 5.21. The van der Waals surface area contributed by atoms with E-state index < -0.39 is 0 Å². The Labute approximate surface area is 186 Å². The second-order valence-electron chi connectivity index (χ2n) is 7.87. The number of amides is 2. The summed E-state index contributed by atoms with van der Waals surface area (Å²) < 4.78 is 5.56. The Bertz CT molecular complexity index is 1220. The molecular weight excluding hydrogens is 402 g/mol. The third-order valence-corrected chi connectivity index (χ3v) is 5.96. The first-order valence-electron chi connectivity index (χ1n) is 10.7. The maximum atomic E-state index is 13.8. The number of fused-ring (bicyclic) bond motifs is 1. The number of imide groups is 1. The van der Waals surface area contributed by atoms with E-state index in [1.54, 1.807) is 25.6 Å². The number of nitrogens with zero attached hydrogens (tertiary/aromatic N) is 3. The summed E-state index contributed by atoms with van der Waals surface area (Å²) in [7, 11) is 1.57. The topological polar surface area (TPSA) is 62.7 Å². The van der Waals surface area contributed by atoms with E-state index in [9.17, 15) is 9.59 Å². The van der Waals surface area contributed by atoms with Gasteiger partial charge in [-0.25, -0.2) is 0 Å². The summed E-state index contributed by atoms with van der Waals surface area (Å²) in [6, 6.07) is 19.1. The molecule has 160 valence electrons. The van der Waals surface area contributed by atoms with Gasteiger partial charge in [-0.15, -0.1) is 0 Å². The standard InChI is InChI=1S/C26H23N3O3/c1-32-22-13-5-3-11-20(22)23-24(28-15-7-10-19-9-2-4-12-21(19)28)26(31)29(25(23)30)17-18-8-6-14-27-16-18/h2-6,8-9,11-14,16H,7,10,15,17H2,1H3. The van der Waals surface area contributed by atoms with Gasteiger partial charge < -0.3 is 9.64 Å². The lowest BCUT2D eigenvalue weighted by atomic mass is 9.98. The Hall–Kier alpha value is -3.93. The summed E-state index contributed by atoms with van der Waals surface area (Å²) in [5, 5.41) is 0. The minimum Gasteiger partial charge on any atom is -0.496 e. The fourth-order valence-corrected chi connectivity index (χ4v) is 4.49. The molecule has 0 aliphatic carbocycles. The number of ether oxygens (including phenoxy) is 1. The number of pyridine rings is 1. The number of carbonyl (C=O) groups excluding carboxylic acids is 2. The Morgan fingerprint density at radius 2 is 1.78 bits per heavy atom. The van der Waals surface area contributed by atoms with E-state index in [1.165, 1.54) is 10.5 Å². The first kappa shape index (κ1) is 20.0. The molecular formula is C26H23N3O3. The van der Waals surface area contributed by atoms with Crippen LogP contribution in [-0.2, 0) is 22.6 Å². The zero-order chi connectivity index (χ0) is 22.1. The van der Waals surface area contributed by atoms with E-state index in [2.05, 4.69) is 11.1 Å². The summed E-state index contributed by atoms with van der Waals surface area (Å²) in [5.41, 5.74) is 4.37. The lowest BCUT2D eigenvalue weighted by Crippen LogP contribution is -2.36. The van der Waals surface area contributed by atoms with Gasteiger partial charge in [0.25, 0.3) is 11.8 Å². The number of para-hydroxylation sites is 2. The monoisotopic (exact) mass is 425 g/mol. The minimum absolute atomic E-state index is 0.170. The van der Waals surface area contributed by atoms with Crippen molar-refractivity contribution in [3.8, 4) is 5.75 Å². The highest BCUT2D eigenvalue weighted by Gasteiger charge is 2.43. The maximum Gasteiger partial charge on any atom is 0.278 e. The van der Waals surface area contributed by atoms with Gasteiger partial charge in [0.05, 0.1) is 19.2 Å². The predicted octanol–water partition coefficient (Wildman–Crippen LogP) is 3.82. The summed E-state index contributed by atoms with van der Waals surface area (Å²) in [6.45, 7) is 0.841. The Morgan fingerprint density at radius 3 is 2.59 bits per heavy atom. The average molecular weight is 425 g/mol. The molecule has 1 aromatic heterocycles. The van der Waals surface area contributed by atoms with Crippen LogP contribution in [0.25, 0.3) is 5.57 Å². The third kappa shape index (κ3) is 3.34. The van der Waals surface area contributed by atoms with Gasteiger partial charge in [-0.1, -0.05) is 42.5 Å². The fourth-order valence-electron chi connectivity index (χ4n) is 4.49. The van der Waals surface area contributed by atoms with Crippen LogP contribution in [0.2, 0.25) is 0 Å². The van der Waals surface area contributed by atoms with Crippen molar-refractivity contribution in [3.63, 3.8) is 0 Å². The molecule has 2 aliphatic heterocycles. The molecule has 0 unspecified atom stereocenters. The van der Waals surface area contributed by atoms with Crippen LogP contribution in [0.5, 0.6) is 5.75 Å². The lowest BCUT2D eigenvalue weighted by Gasteiger charge is -2.32. The zero-order valence-corrected chi connectivity index (χ0v) is 17.8. The smallest absolute Gasteiger partial charge is 0.278 e. The van der Waals surface area contributed by atoms with Gasteiger partial charge in [-0.3, -0.25) is 19.5 Å². The van der Waals surface area contributed by atoms with Crippen molar-refractivity contribution in [2.75, 3.05) is 18.6 Å². The number of methoxy groups -OCH3 is 1. The molecule has 6 nitrogen and oxygen atoms in total. The molecule has 3 aromatic rings. The molecule has 0 saturated carbocycles. The molecule has 0 spiro atoms. The molecule has 0 atom stereocenters. The molecule has 6 heteroatoms. The van der Waals surface area contributed by atoms with Gasteiger partial charge in [0, 0.05) is 30.2 Å². The maximum absolute atomic E-state index is 13.8. The Kier molecular flexibility index (Phi) is 5.19. The van der Waals surface area contributed by atoms with Gasteiger partial charge >= 0.3 is 0 Å². The second kappa shape index (κ2) is 8.30. The number of benzene rings is 2. The quantitative estimate of drug-likeness (QED) is 0.582. The molecule has 0 saturated heterocycles. The van der Waals surface area contributed by atoms with Crippen LogP contribution in [0.1, 0.15) is 23.1 Å². The van der Waals surface area contributed by atoms with Crippen molar-refractivity contribution in [2.24, 2.45) is 0 Å². The Balaban J connectivity index is 1.66. The first-order chi connectivity index (χ1) is 15.7. The largest absolute Gasteiger partial charge is 0.496 e. The molecule has 2 aromatic carbocycles. The lowest BCUT2D eigenvalue weighted by molar-refractivity contribution is -0.137. The molecule has 3 heterocycles. The third-order valence-electron chi connectivity index (χ3n) is 5.96. The van der Waals surface area contributed by atoms with Crippen molar-refractivity contribution in [1.82, 2.24) is 9.88 Å². The summed E-state index contributed by atoms with van der Waals surface area (Å²) in [4.78, 5) is 34.9. The number of anilines is 1. The van der Waals surface area contributed by atoms with Crippen molar-refractivity contribution in [2.45, 2.75) is 19.4 Å². The van der Waals surface area contributed by atoms with Crippen molar-refractivity contribution < 1.29 is 14.3 Å². The molecule has 0 bridgehead atoms. The molecule has 5 rings (SSSR count). The van der Waals surface area contributed by atoms with Crippen LogP contribution in [0.15, 0.2) is 78.8 Å². The van der Waals surface area contributed by atoms with Gasteiger partial charge in [0.1, 0.15) is 11.4 Å². The highest BCUT2D eigenvalue weighted by atomic mass is 16.5. The van der Waals surface area contributed by atoms with Crippen molar-refractivity contribution in [1.29, 1.82) is 0 Å². The van der Waals surface area contributed by atoms with E-state index in [4.69, 9.17) is 4.74 Å². The minimum atomic E-state index is -0.318. The van der Waals surface area contributed by atoms with E-state index in [0.717, 1.165) is 24.1 Å². The molecule has 32 heavy (non-hydrogen) atoms.